The van der Waals surface area contributed by atoms with Gasteiger partial charge in [-0.05, 0) is 0 Å². The van der Waals surface area contributed by atoms with E-state index >= 15 is 0 Å². The van der Waals surface area contributed by atoms with Crippen LogP contribution in [0, 0.1) is 0 Å². The molecular weight excluding hydrogens is 486 g/mol. The van der Waals surface area contributed by atoms with Crippen LogP contribution in [-0.4, -0.2) is 137 Å². The molecular formula is C20H33N5O11. The molecule has 2 fully saturated rings. The van der Waals surface area contributed by atoms with Gasteiger partial charge in [0.25, 0.3) is 0 Å². The second-order valence-corrected chi connectivity index (χ2v) is 8.84. The monoisotopic (exact) mass is 519 g/mol. The number of nitrogens with zero attached hydrogens (tertiary/aromatic N) is 4. The van der Waals surface area contributed by atoms with Crippen LogP contribution in [0.1, 0.15) is 19.5 Å². The summed E-state index contributed by atoms with van der Waals surface area (Å²) in [5.74, 6) is -0.924. The van der Waals surface area contributed by atoms with Gasteiger partial charge in [0.15, 0.2) is 12.6 Å². The van der Waals surface area contributed by atoms with Gasteiger partial charge < -0.3 is 55.1 Å². The standard InChI is InChI=1S/C20H33N5O11/c1-8(27)21-13-17(31)16(30)12(6-26)36-20(13)34-7-10-4-25(23-22-10)5-11-15(29)18(32)14(19(33)35-11)24(3)9(2)28/h4,11-20,26,29-33H,5-7H2,1-3H3,(H,21,27)/t11-,12-,13-,14-,15-,16-,17-,18-,19+,20+/m1/s1. The Morgan fingerprint density at radius 1 is 1.08 bits per heavy atom. The normalized spacial score (nSPS) is 36.9. The van der Waals surface area contributed by atoms with Gasteiger partial charge in [-0.1, -0.05) is 5.21 Å². The number of hydrogen-bond acceptors (Lipinski definition) is 13. The smallest absolute Gasteiger partial charge is 0.219 e. The number of nitrogens with one attached hydrogen (secondary N) is 1. The molecule has 0 saturated carbocycles. The third-order valence-electron chi connectivity index (χ3n) is 6.23. The van der Waals surface area contributed by atoms with E-state index in [0.717, 1.165) is 4.90 Å². The van der Waals surface area contributed by atoms with Gasteiger partial charge >= 0.3 is 0 Å². The van der Waals surface area contributed by atoms with Crippen LogP contribution in [0.4, 0.5) is 0 Å². The fraction of sp³-hybridized carbons (Fsp3) is 0.800. The van der Waals surface area contributed by atoms with E-state index in [1.165, 1.54) is 31.8 Å². The van der Waals surface area contributed by atoms with E-state index in [1.807, 2.05) is 0 Å². The number of carbonyl (C=O) groups is 2. The molecule has 204 valence electrons. The quantitative estimate of drug-likeness (QED) is 0.171. The molecule has 2 amide bonds. The van der Waals surface area contributed by atoms with E-state index < -0.39 is 79.7 Å². The van der Waals surface area contributed by atoms with Crippen LogP contribution in [0.15, 0.2) is 6.20 Å². The van der Waals surface area contributed by atoms with Crippen LogP contribution < -0.4 is 5.32 Å². The van der Waals surface area contributed by atoms with Gasteiger partial charge in [-0.2, -0.15) is 0 Å². The molecule has 0 spiro atoms. The molecule has 10 atom stereocenters. The van der Waals surface area contributed by atoms with Crippen LogP contribution in [-0.2, 0) is 37.0 Å². The predicted octanol–water partition coefficient (Wildman–Crippen LogP) is -4.98. The third kappa shape index (κ3) is 6.16. The van der Waals surface area contributed by atoms with Gasteiger partial charge in [-0.15, -0.1) is 5.10 Å². The SMILES string of the molecule is CC(=O)N[C@H]1[C@@H](OCc2cn(C[C@H]3O[C@H](O)[C@H](N(C)C(C)=O)[C@@H](O)[C@@H]3O)nn2)O[C@H](CO)[C@@H](O)[C@@H]1O. The van der Waals surface area contributed by atoms with Crippen molar-refractivity contribution in [3.63, 3.8) is 0 Å². The van der Waals surface area contributed by atoms with Crippen LogP contribution in [0.25, 0.3) is 0 Å². The number of carbonyl (C=O) groups excluding carboxylic acids is 2. The number of aliphatic hydroxyl groups is 6. The summed E-state index contributed by atoms with van der Waals surface area (Å²) in [6.07, 6.45) is -9.38. The Bertz CT molecular complexity index is 903. The van der Waals surface area contributed by atoms with Crippen molar-refractivity contribution in [1.82, 2.24) is 25.2 Å². The van der Waals surface area contributed by atoms with Crippen molar-refractivity contribution in [3.8, 4) is 0 Å². The summed E-state index contributed by atoms with van der Waals surface area (Å²) in [6, 6.07) is -2.28. The first kappa shape index (κ1) is 28.3. The molecule has 36 heavy (non-hydrogen) atoms. The first-order chi connectivity index (χ1) is 16.9. The van der Waals surface area contributed by atoms with Crippen molar-refractivity contribution in [2.45, 2.75) is 88.3 Å². The minimum absolute atomic E-state index is 0.106. The number of aromatic nitrogens is 3. The highest BCUT2D eigenvalue weighted by Gasteiger charge is 2.47. The number of aliphatic hydroxyl groups excluding tert-OH is 6. The van der Waals surface area contributed by atoms with E-state index in [0.29, 0.717) is 0 Å². The van der Waals surface area contributed by atoms with Gasteiger partial charge in [-0.25, -0.2) is 4.68 Å². The van der Waals surface area contributed by atoms with Crippen molar-refractivity contribution in [2.75, 3.05) is 13.7 Å². The van der Waals surface area contributed by atoms with E-state index in [-0.39, 0.29) is 18.8 Å². The molecule has 0 bridgehead atoms. The Morgan fingerprint density at radius 3 is 2.36 bits per heavy atom. The summed E-state index contributed by atoms with van der Waals surface area (Å²) in [6.45, 7) is 1.57. The highest BCUT2D eigenvalue weighted by molar-refractivity contribution is 5.73. The molecule has 16 nitrogen and oxygen atoms in total. The number of likely N-dealkylation sites (N-methyl/N-ethyl adjacent to an activating group) is 1. The van der Waals surface area contributed by atoms with Crippen molar-refractivity contribution in [3.05, 3.63) is 11.9 Å². The number of hydrogen-bond donors (Lipinski definition) is 7. The van der Waals surface area contributed by atoms with Crippen LogP contribution >= 0.6 is 0 Å². The van der Waals surface area contributed by atoms with Crippen molar-refractivity contribution in [1.29, 1.82) is 0 Å². The molecule has 2 aliphatic rings. The maximum Gasteiger partial charge on any atom is 0.219 e. The van der Waals surface area contributed by atoms with Gasteiger partial charge in [0.05, 0.1) is 26.0 Å². The largest absolute Gasteiger partial charge is 0.394 e. The molecule has 16 heteroatoms. The van der Waals surface area contributed by atoms with E-state index in [2.05, 4.69) is 15.6 Å². The first-order valence-corrected chi connectivity index (χ1v) is 11.3. The molecule has 1 aromatic rings. The van der Waals surface area contributed by atoms with Crippen LogP contribution in [0.5, 0.6) is 0 Å². The van der Waals surface area contributed by atoms with Gasteiger partial charge in [0.1, 0.15) is 54.4 Å². The highest BCUT2D eigenvalue weighted by Crippen LogP contribution is 2.25. The number of rotatable bonds is 8. The molecule has 1 aromatic heterocycles. The van der Waals surface area contributed by atoms with Gasteiger partial charge in [0.2, 0.25) is 11.8 Å². The average Bonchev–Trinajstić information content (AvgIpc) is 3.26. The minimum Gasteiger partial charge on any atom is -0.394 e. The first-order valence-electron chi connectivity index (χ1n) is 11.3. The molecule has 2 saturated heterocycles. The topological polar surface area (TPSA) is 229 Å². The lowest BCUT2D eigenvalue weighted by molar-refractivity contribution is -0.273. The molecule has 0 aliphatic carbocycles. The fourth-order valence-corrected chi connectivity index (χ4v) is 4.17. The summed E-state index contributed by atoms with van der Waals surface area (Å²) < 4.78 is 17.8. The Labute approximate surface area is 206 Å². The Morgan fingerprint density at radius 2 is 1.75 bits per heavy atom. The van der Waals surface area contributed by atoms with Crippen molar-refractivity contribution < 1.29 is 54.4 Å². The fourth-order valence-electron chi connectivity index (χ4n) is 4.17. The van der Waals surface area contributed by atoms with E-state index in [1.54, 1.807) is 0 Å². The highest BCUT2D eigenvalue weighted by atomic mass is 16.7. The van der Waals surface area contributed by atoms with Crippen molar-refractivity contribution in [2.24, 2.45) is 0 Å². The number of amides is 2. The van der Waals surface area contributed by atoms with E-state index in [4.69, 9.17) is 14.2 Å². The second-order valence-electron chi connectivity index (χ2n) is 8.84. The molecule has 0 radical (unpaired) electrons. The average molecular weight is 520 g/mol. The summed E-state index contributed by atoms with van der Waals surface area (Å²) in [4.78, 5) is 24.2. The third-order valence-corrected chi connectivity index (χ3v) is 6.23. The Balaban J connectivity index is 1.62. The maximum atomic E-state index is 11.6. The zero-order chi connectivity index (χ0) is 26.7. The van der Waals surface area contributed by atoms with Crippen LogP contribution in [0.2, 0.25) is 0 Å². The lowest BCUT2D eigenvalue weighted by atomic mass is 9.95. The predicted molar refractivity (Wildman–Crippen MR) is 115 cm³/mol. The van der Waals surface area contributed by atoms with Crippen molar-refractivity contribution >= 4 is 11.8 Å². The zero-order valence-electron chi connectivity index (χ0n) is 20.0. The Kier molecular flexibility index (Phi) is 9.31. The second kappa shape index (κ2) is 11.8. The summed E-state index contributed by atoms with van der Waals surface area (Å²) >= 11 is 0. The van der Waals surface area contributed by atoms with Gasteiger partial charge in [0, 0.05) is 20.9 Å². The molecule has 3 rings (SSSR count). The van der Waals surface area contributed by atoms with Gasteiger partial charge in [-0.3, -0.25) is 9.59 Å². The molecule has 0 unspecified atom stereocenters. The minimum atomic E-state index is -1.55. The van der Waals surface area contributed by atoms with E-state index in [9.17, 15) is 40.2 Å². The number of ether oxygens (including phenoxy) is 3. The lowest BCUT2D eigenvalue weighted by Gasteiger charge is -2.44. The molecule has 3 heterocycles. The summed E-state index contributed by atoms with van der Waals surface area (Å²) in [5.41, 5.74) is 0.280. The summed E-state index contributed by atoms with van der Waals surface area (Å²) in [5, 5.41) is 71.2. The maximum absolute atomic E-state index is 11.6. The summed E-state index contributed by atoms with van der Waals surface area (Å²) in [7, 11) is 1.37. The zero-order valence-corrected chi connectivity index (χ0v) is 20.0. The van der Waals surface area contributed by atoms with Crippen LogP contribution in [0.3, 0.4) is 0 Å². The molecule has 7 N–H and O–H groups in total. The lowest BCUT2D eigenvalue weighted by Crippen LogP contribution is -2.64. The Hall–Kier alpha value is -2.28. The molecule has 0 aromatic carbocycles. The molecule has 2 aliphatic heterocycles.